The van der Waals surface area contributed by atoms with Crippen LogP contribution in [0.5, 0.6) is 11.5 Å². The largest absolute Gasteiger partial charge is 0.453 e. The third kappa shape index (κ3) is 3.53. The molecule has 0 saturated carbocycles. The van der Waals surface area contributed by atoms with Crippen LogP contribution in [0.1, 0.15) is 0 Å². The molecule has 0 spiro atoms. The lowest BCUT2D eigenvalue weighted by molar-refractivity contribution is 0.0394. The third-order valence-corrected chi connectivity index (χ3v) is 6.09. The molecule has 1 saturated heterocycles. The fraction of sp³-hybridized carbons (Fsp3) is 0.250. The molecule has 0 atom stereocenters. The molecule has 2 aliphatic rings. The first-order valence-electron chi connectivity index (χ1n) is 10.9. The maximum atomic E-state index is 6.43. The summed E-state index contributed by atoms with van der Waals surface area (Å²) in [6.45, 7) is 5.39. The maximum Gasteiger partial charge on any atom is 0.151 e. The molecule has 2 aliphatic heterocycles. The number of fused-ring (bicyclic) bond motifs is 2. The Labute approximate surface area is 185 Å². The number of hydrogen-bond acceptors (Lipinski definition) is 6. The van der Waals surface area contributed by atoms with E-state index < -0.39 is 0 Å². The number of ether oxygens (including phenoxy) is 2. The summed E-state index contributed by atoms with van der Waals surface area (Å²) in [5.41, 5.74) is 6.17. The SMILES string of the molecule is c1cc(-c2ccc3c(c2)Oc2cc(-c4ccn[nH]4)ccc2N3CCN2CCOCC2)[nH]n1. The molecule has 0 radical (unpaired) electrons. The van der Waals surface area contributed by atoms with Crippen molar-refractivity contribution >= 4 is 11.4 Å². The molecule has 162 valence electrons. The van der Waals surface area contributed by atoms with E-state index in [1.54, 1.807) is 12.4 Å². The Morgan fingerprint density at radius 1 is 0.750 bits per heavy atom. The van der Waals surface area contributed by atoms with E-state index in [1.165, 1.54) is 0 Å². The van der Waals surface area contributed by atoms with Crippen LogP contribution in [0.25, 0.3) is 22.5 Å². The van der Waals surface area contributed by atoms with E-state index in [0.717, 1.165) is 84.8 Å². The molecule has 4 aromatic rings. The number of hydrogen-bond donors (Lipinski definition) is 2. The fourth-order valence-electron chi connectivity index (χ4n) is 4.36. The van der Waals surface area contributed by atoms with E-state index in [2.05, 4.69) is 66.6 Å². The van der Waals surface area contributed by atoms with Crippen molar-refractivity contribution in [1.82, 2.24) is 25.3 Å². The van der Waals surface area contributed by atoms with Gasteiger partial charge in [-0.2, -0.15) is 10.2 Å². The van der Waals surface area contributed by atoms with Crippen LogP contribution in [-0.4, -0.2) is 64.7 Å². The van der Waals surface area contributed by atoms with Gasteiger partial charge in [-0.1, -0.05) is 12.1 Å². The zero-order valence-electron chi connectivity index (χ0n) is 17.6. The Morgan fingerprint density at radius 3 is 1.88 bits per heavy atom. The number of rotatable bonds is 5. The zero-order chi connectivity index (χ0) is 21.3. The van der Waals surface area contributed by atoms with Gasteiger partial charge in [0.2, 0.25) is 0 Å². The Kier molecular flexibility index (Phi) is 4.86. The lowest BCUT2D eigenvalue weighted by Crippen LogP contribution is -2.41. The lowest BCUT2D eigenvalue weighted by atomic mass is 10.1. The summed E-state index contributed by atoms with van der Waals surface area (Å²) in [5.74, 6) is 1.68. The Balaban J connectivity index is 1.37. The summed E-state index contributed by atoms with van der Waals surface area (Å²) >= 11 is 0. The summed E-state index contributed by atoms with van der Waals surface area (Å²) in [6.07, 6.45) is 3.52. The topological polar surface area (TPSA) is 82.3 Å². The molecule has 1 fully saturated rings. The second-order valence-electron chi connectivity index (χ2n) is 8.01. The van der Waals surface area contributed by atoms with Crippen LogP contribution in [0.4, 0.5) is 11.4 Å². The highest BCUT2D eigenvalue weighted by Crippen LogP contribution is 2.48. The van der Waals surface area contributed by atoms with Crippen LogP contribution in [0.15, 0.2) is 60.9 Å². The van der Waals surface area contributed by atoms with Gasteiger partial charge in [-0.05, 0) is 36.4 Å². The number of H-pyrrole nitrogens is 2. The van der Waals surface area contributed by atoms with Crippen LogP contribution in [0.2, 0.25) is 0 Å². The second kappa shape index (κ2) is 8.14. The third-order valence-electron chi connectivity index (χ3n) is 6.09. The van der Waals surface area contributed by atoms with E-state index in [4.69, 9.17) is 9.47 Å². The predicted octanol–water partition coefficient (Wildman–Crippen LogP) is 4.04. The van der Waals surface area contributed by atoms with Crippen LogP contribution in [0, 0.1) is 0 Å². The Bertz CT molecular complexity index is 1120. The fourth-order valence-corrected chi connectivity index (χ4v) is 4.36. The van der Waals surface area contributed by atoms with Gasteiger partial charge in [-0.3, -0.25) is 15.1 Å². The van der Waals surface area contributed by atoms with Gasteiger partial charge in [-0.15, -0.1) is 0 Å². The summed E-state index contributed by atoms with van der Waals surface area (Å²) in [5, 5.41) is 14.2. The molecule has 8 heteroatoms. The molecule has 2 N–H and O–H groups in total. The molecule has 0 bridgehead atoms. The van der Waals surface area contributed by atoms with E-state index in [1.807, 2.05) is 12.1 Å². The van der Waals surface area contributed by atoms with Gasteiger partial charge >= 0.3 is 0 Å². The second-order valence-corrected chi connectivity index (χ2v) is 8.01. The number of morpholine rings is 1. The number of benzene rings is 2. The van der Waals surface area contributed by atoms with Crippen molar-refractivity contribution in [3.8, 4) is 34.0 Å². The monoisotopic (exact) mass is 428 g/mol. The van der Waals surface area contributed by atoms with Gasteiger partial charge in [0.15, 0.2) is 11.5 Å². The van der Waals surface area contributed by atoms with E-state index in [-0.39, 0.29) is 0 Å². The molecule has 0 aliphatic carbocycles. The molecule has 8 nitrogen and oxygen atoms in total. The smallest absolute Gasteiger partial charge is 0.151 e. The number of nitrogens with zero attached hydrogens (tertiary/aromatic N) is 4. The molecule has 2 aromatic heterocycles. The van der Waals surface area contributed by atoms with E-state index in [9.17, 15) is 0 Å². The van der Waals surface area contributed by atoms with Crippen molar-refractivity contribution in [1.29, 1.82) is 0 Å². The summed E-state index contributed by atoms with van der Waals surface area (Å²) in [6, 6.07) is 16.6. The number of nitrogens with one attached hydrogen (secondary N) is 2. The van der Waals surface area contributed by atoms with Crippen LogP contribution < -0.4 is 9.64 Å². The van der Waals surface area contributed by atoms with Gasteiger partial charge < -0.3 is 14.4 Å². The van der Waals surface area contributed by atoms with Crippen LogP contribution in [0.3, 0.4) is 0 Å². The van der Waals surface area contributed by atoms with Gasteiger partial charge in [-0.25, -0.2) is 0 Å². The van der Waals surface area contributed by atoms with E-state index in [0.29, 0.717) is 0 Å². The summed E-state index contributed by atoms with van der Waals surface area (Å²) in [4.78, 5) is 4.81. The minimum atomic E-state index is 0.803. The maximum absolute atomic E-state index is 6.43. The van der Waals surface area contributed by atoms with Crippen LogP contribution >= 0.6 is 0 Å². The van der Waals surface area contributed by atoms with Gasteiger partial charge in [0, 0.05) is 49.7 Å². The minimum Gasteiger partial charge on any atom is -0.453 e. The molecular formula is C24H24N6O2. The molecule has 4 heterocycles. The van der Waals surface area contributed by atoms with Crippen molar-refractivity contribution in [2.45, 2.75) is 0 Å². The van der Waals surface area contributed by atoms with Crippen molar-refractivity contribution in [3.63, 3.8) is 0 Å². The first-order valence-corrected chi connectivity index (χ1v) is 10.9. The van der Waals surface area contributed by atoms with Crippen LogP contribution in [-0.2, 0) is 4.74 Å². The number of anilines is 2. The highest BCUT2D eigenvalue weighted by molar-refractivity contribution is 5.82. The molecule has 2 aromatic carbocycles. The lowest BCUT2D eigenvalue weighted by Gasteiger charge is -2.35. The highest BCUT2D eigenvalue weighted by atomic mass is 16.5. The molecule has 0 unspecified atom stereocenters. The molecule has 6 rings (SSSR count). The molecule has 32 heavy (non-hydrogen) atoms. The quantitative estimate of drug-likeness (QED) is 0.499. The van der Waals surface area contributed by atoms with E-state index >= 15 is 0 Å². The Morgan fingerprint density at radius 2 is 1.34 bits per heavy atom. The summed E-state index contributed by atoms with van der Waals surface area (Å²) < 4.78 is 11.9. The van der Waals surface area contributed by atoms with Crippen molar-refractivity contribution in [2.75, 3.05) is 44.3 Å². The predicted molar refractivity (Wildman–Crippen MR) is 122 cm³/mol. The van der Waals surface area contributed by atoms with Gasteiger partial charge in [0.25, 0.3) is 0 Å². The summed E-state index contributed by atoms with van der Waals surface area (Å²) in [7, 11) is 0. The average molecular weight is 428 g/mol. The zero-order valence-corrected chi connectivity index (χ0v) is 17.6. The normalized spacial score (nSPS) is 15.8. The Hall–Kier alpha value is -3.62. The average Bonchev–Trinajstić information content (AvgIpc) is 3.56. The highest BCUT2D eigenvalue weighted by Gasteiger charge is 2.26. The van der Waals surface area contributed by atoms with Crippen molar-refractivity contribution in [2.24, 2.45) is 0 Å². The standard InChI is InChI=1S/C24H24N6O2/c1-3-21-23(15-17(1)19-5-7-25-27-19)32-24-16-18(20-6-8-26-28-20)2-4-22(24)30(21)10-9-29-11-13-31-14-12-29/h1-8,15-16H,9-14H2,(H,25,27)(H,26,28). The number of aromatic amines is 2. The number of aromatic nitrogens is 4. The van der Waals surface area contributed by atoms with Crippen molar-refractivity contribution in [3.05, 3.63) is 60.9 Å². The van der Waals surface area contributed by atoms with Gasteiger partial charge in [0.05, 0.1) is 36.0 Å². The molecule has 0 amide bonds. The minimum absolute atomic E-state index is 0.803. The first kappa shape index (κ1) is 19.1. The first-order chi connectivity index (χ1) is 15.8. The molecular weight excluding hydrogens is 404 g/mol. The van der Waals surface area contributed by atoms with Gasteiger partial charge in [0.1, 0.15) is 0 Å². The van der Waals surface area contributed by atoms with Crippen molar-refractivity contribution < 1.29 is 9.47 Å².